The molecular formula is C22H25ClN2O3. The summed E-state index contributed by atoms with van der Waals surface area (Å²) in [6, 6.07) is 11.3. The number of amides is 1. The van der Waals surface area contributed by atoms with Gasteiger partial charge in [-0.15, -0.1) is 0 Å². The van der Waals surface area contributed by atoms with Crippen LogP contribution in [0.25, 0.3) is 0 Å². The van der Waals surface area contributed by atoms with Gasteiger partial charge in [0.25, 0.3) is 5.91 Å². The molecule has 148 valence electrons. The zero-order chi connectivity index (χ0) is 20.6. The van der Waals surface area contributed by atoms with E-state index < -0.39 is 5.97 Å². The highest BCUT2D eigenvalue weighted by Crippen LogP contribution is 2.35. The highest BCUT2D eigenvalue weighted by Gasteiger charge is 2.32. The lowest BCUT2D eigenvalue weighted by Gasteiger charge is -2.38. The zero-order valence-corrected chi connectivity index (χ0v) is 17.4. The number of carboxylic acids is 1. The highest BCUT2D eigenvalue weighted by atomic mass is 35.5. The summed E-state index contributed by atoms with van der Waals surface area (Å²) in [5.41, 5.74) is 4.14. The number of hydrogen-bond acceptors (Lipinski definition) is 3. The third-order valence-electron chi connectivity index (χ3n) is 5.05. The van der Waals surface area contributed by atoms with Crippen LogP contribution in [-0.2, 0) is 23.2 Å². The monoisotopic (exact) mass is 400 g/mol. The quantitative estimate of drug-likeness (QED) is 0.810. The van der Waals surface area contributed by atoms with Crippen molar-refractivity contribution < 1.29 is 14.7 Å². The number of hydrazine groups is 1. The molecule has 1 aliphatic rings. The van der Waals surface area contributed by atoms with Crippen molar-refractivity contribution in [3.63, 3.8) is 0 Å². The Morgan fingerprint density at radius 1 is 1.21 bits per heavy atom. The molecule has 0 bridgehead atoms. The Bertz CT molecular complexity index is 934. The number of aliphatic carboxylic acids is 1. The molecule has 0 radical (unpaired) electrons. The van der Waals surface area contributed by atoms with Gasteiger partial charge in [0.15, 0.2) is 0 Å². The molecule has 0 aromatic heterocycles. The first-order valence-corrected chi connectivity index (χ1v) is 9.65. The summed E-state index contributed by atoms with van der Waals surface area (Å²) < 4.78 is 0. The molecule has 0 saturated heterocycles. The molecule has 28 heavy (non-hydrogen) atoms. The van der Waals surface area contributed by atoms with Crippen molar-refractivity contribution in [3.05, 3.63) is 63.7 Å². The number of fused-ring (bicyclic) bond motifs is 1. The number of benzene rings is 2. The molecule has 0 spiro atoms. The summed E-state index contributed by atoms with van der Waals surface area (Å²) in [7, 11) is 1.85. The Morgan fingerprint density at radius 3 is 2.57 bits per heavy atom. The average molecular weight is 401 g/mol. The van der Waals surface area contributed by atoms with Crippen LogP contribution in [0.5, 0.6) is 0 Å². The fraction of sp³-hybridized carbons (Fsp3) is 0.364. The van der Waals surface area contributed by atoms with Crippen LogP contribution in [-0.4, -0.2) is 29.0 Å². The molecule has 0 fully saturated rings. The number of anilines is 1. The van der Waals surface area contributed by atoms with Gasteiger partial charge in [-0.2, -0.15) is 0 Å². The van der Waals surface area contributed by atoms with Crippen molar-refractivity contribution in [2.75, 3.05) is 12.1 Å². The van der Waals surface area contributed by atoms with E-state index in [4.69, 9.17) is 16.7 Å². The van der Waals surface area contributed by atoms with Gasteiger partial charge >= 0.3 is 5.97 Å². The highest BCUT2D eigenvalue weighted by molar-refractivity contribution is 6.32. The maximum atomic E-state index is 13.3. The molecule has 0 unspecified atom stereocenters. The van der Waals surface area contributed by atoms with E-state index in [2.05, 4.69) is 26.8 Å². The summed E-state index contributed by atoms with van der Waals surface area (Å²) >= 11 is 6.35. The molecule has 2 aromatic carbocycles. The van der Waals surface area contributed by atoms with E-state index in [-0.39, 0.29) is 24.2 Å². The van der Waals surface area contributed by atoms with E-state index in [1.165, 1.54) is 5.56 Å². The minimum atomic E-state index is -0.899. The molecule has 2 aromatic rings. The molecule has 0 aliphatic carbocycles. The van der Waals surface area contributed by atoms with E-state index in [0.29, 0.717) is 28.4 Å². The summed E-state index contributed by atoms with van der Waals surface area (Å²) in [4.78, 5) is 24.4. The number of rotatable bonds is 4. The van der Waals surface area contributed by atoms with Gasteiger partial charge in [0.1, 0.15) is 0 Å². The maximum absolute atomic E-state index is 13.3. The van der Waals surface area contributed by atoms with Crippen LogP contribution in [0.15, 0.2) is 36.4 Å². The van der Waals surface area contributed by atoms with Gasteiger partial charge in [-0.05, 0) is 46.7 Å². The number of nitrogens with zero attached hydrogens (tertiary/aromatic N) is 2. The summed E-state index contributed by atoms with van der Waals surface area (Å²) in [6.45, 7) is 7.03. The number of hydrogen-bond donors (Lipinski definition) is 1. The van der Waals surface area contributed by atoms with E-state index >= 15 is 0 Å². The van der Waals surface area contributed by atoms with Gasteiger partial charge in [-0.3, -0.25) is 9.59 Å². The minimum Gasteiger partial charge on any atom is -0.481 e. The van der Waals surface area contributed by atoms with Crippen molar-refractivity contribution in [2.45, 2.75) is 45.6 Å². The largest absolute Gasteiger partial charge is 0.481 e. The fourth-order valence-corrected chi connectivity index (χ4v) is 3.77. The zero-order valence-electron chi connectivity index (χ0n) is 16.6. The van der Waals surface area contributed by atoms with Gasteiger partial charge in [0, 0.05) is 30.6 Å². The van der Waals surface area contributed by atoms with Crippen molar-refractivity contribution >= 4 is 29.2 Å². The lowest BCUT2D eigenvalue weighted by Crippen LogP contribution is -2.48. The van der Waals surface area contributed by atoms with Crippen molar-refractivity contribution in [1.29, 1.82) is 0 Å². The smallest absolute Gasteiger partial charge is 0.303 e. The molecule has 0 atom stereocenters. The van der Waals surface area contributed by atoms with Crippen LogP contribution in [0, 0.1) is 0 Å². The second kappa shape index (κ2) is 7.57. The fourth-order valence-electron chi connectivity index (χ4n) is 3.50. The Balaban J connectivity index is 2.03. The first kappa shape index (κ1) is 20.4. The topological polar surface area (TPSA) is 60.9 Å². The Kier molecular flexibility index (Phi) is 5.50. The van der Waals surface area contributed by atoms with Gasteiger partial charge in [0.2, 0.25) is 0 Å². The lowest BCUT2D eigenvalue weighted by atomic mass is 9.84. The molecular weight excluding hydrogens is 376 g/mol. The summed E-state index contributed by atoms with van der Waals surface area (Å²) in [6.07, 6.45) is 0.214. The van der Waals surface area contributed by atoms with Crippen LogP contribution in [0.1, 0.15) is 54.2 Å². The van der Waals surface area contributed by atoms with Crippen molar-refractivity contribution in [1.82, 2.24) is 5.01 Å². The summed E-state index contributed by atoms with van der Waals surface area (Å²) in [5, 5.41) is 13.0. The van der Waals surface area contributed by atoms with Crippen LogP contribution in [0.3, 0.4) is 0 Å². The average Bonchev–Trinajstić information content (AvgIpc) is 2.59. The SMILES string of the molecule is CN1Cc2cc(C(C)(C)C)ccc2C(=O)N1c1cccc(Cl)c1CCC(=O)O. The second-order valence-corrected chi connectivity index (χ2v) is 8.59. The Hall–Kier alpha value is -2.37. The van der Waals surface area contributed by atoms with E-state index in [1.54, 1.807) is 17.1 Å². The van der Waals surface area contributed by atoms with Crippen LogP contribution in [0.2, 0.25) is 5.02 Å². The molecule has 1 N–H and O–H groups in total. The van der Waals surface area contributed by atoms with E-state index in [9.17, 15) is 9.59 Å². The molecule has 6 heteroatoms. The van der Waals surface area contributed by atoms with Gasteiger partial charge in [-0.25, -0.2) is 10.0 Å². The predicted octanol–water partition coefficient (Wildman–Crippen LogP) is 4.66. The molecule has 0 saturated carbocycles. The molecule has 5 nitrogen and oxygen atoms in total. The van der Waals surface area contributed by atoms with Gasteiger partial charge in [0.05, 0.1) is 5.69 Å². The van der Waals surface area contributed by atoms with Gasteiger partial charge in [-0.1, -0.05) is 50.6 Å². The first-order chi connectivity index (χ1) is 13.1. The molecule has 1 aliphatic heterocycles. The van der Waals surface area contributed by atoms with Gasteiger partial charge < -0.3 is 5.11 Å². The number of carbonyl (C=O) groups is 2. The standard InChI is InChI=1S/C22H25ClN2O3/c1-22(2,3)15-8-9-16-14(12-15)13-24(4)25(21(16)28)19-7-5-6-18(23)17(19)10-11-20(26)27/h5-9,12H,10-11,13H2,1-4H3,(H,26,27). The number of carbonyl (C=O) groups excluding carboxylic acids is 1. The first-order valence-electron chi connectivity index (χ1n) is 9.27. The lowest BCUT2D eigenvalue weighted by molar-refractivity contribution is -0.136. The van der Waals surface area contributed by atoms with Crippen LogP contribution in [0.4, 0.5) is 5.69 Å². The Morgan fingerprint density at radius 2 is 1.93 bits per heavy atom. The predicted molar refractivity (Wildman–Crippen MR) is 111 cm³/mol. The van der Waals surface area contributed by atoms with Crippen LogP contribution < -0.4 is 5.01 Å². The normalized spacial score (nSPS) is 14.9. The third kappa shape index (κ3) is 3.91. The summed E-state index contributed by atoms with van der Waals surface area (Å²) in [5.74, 6) is -1.03. The van der Waals surface area contributed by atoms with E-state index in [1.807, 2.05) is 30.3 Å². The molecule has 1 heterocycles. The molecule has 3 rings (SSSR count). The number of halogens is 1. The molecule has 1 amide bonds. The minimum absolute atomic E-state index is 0.00470. The van der Waals surface area contributed by atoms with Crippen LogP contribution >= 0.6 is 11.6 Å². The second-order valence-electron chi connectivity index (χ2n) is 8.19. The van der Waals surface area contributed by atoms with E-state index in [0.717, 1.165) is 5.56 Å². The Labute approximate surface area is 170 Å². The maximum Gasteiger partial charge on any atom is 0.303 e. The number of carboxylic acid groups (broad SMARTS) is 1. The third-order valence-corrected chi connectivity index (χ3v) is 5.40. The van der Waals surface area contributed by atoms with Crippen molar-refractivity contribution in [3.8, 4) is 0 Å². The van der Waals surface area contributed by atoms with Crippen molar-refractivity contribution in [2.24, 2.45) is 0 Å².